The SMILES string of the molecule is CN(Cc1ccccc1)C(=O)[C@H](Cc1ccccc1)NC(=O)c1cccs1. The first-order chi connectivity index (χ1) is 13.1. The smallest absolute Gasteiger partial charge is 0.262 e. The number of benzene rings is 2. The van der Waals surface area contributed by atoms with E-state index in [1.165, 1.54) is 11.3 Å². The van der Waals surface area contributed by atoms with Crippen LogP contribution >= 0.6 is 11.3 Å². The summed E-state index contributed by atoms with van der Waals surface area (Å²) in [6.07, 6.45) is 0.454. The largest absolute Gasteiger partial charge is 0.340 e. The van der Waals surface area contributed by atoms with Crippen LogP contribution in [0.5, 0.6) is 0 Å². The van der Waals surface area contributed by atoms with Crippen LogP contribution < -0.4 is 5.32 Å². The first-order valence-electron chi connectivity index (χ1n) is 8.80. The van der Waals surface area contributed by atoms with Crippen molar-refractivity contribution in [3.8, 4) is 0 Å². The van der Waals surface area contributed by atoms with Gasteiger partial charge >= 0.3 is 0 Å². The molecule has 0 fully saturated rings. The summed E-state index contributed by atoms with van der Waals surface area (Å²) in [5, 5.41) is 4.77. The average molecular weight is 378 g/mol. The minimum Gasteiger partial charge on any atom is -0.340 e. The number of likely N-dealkylation sites (N-methyl/N-ethyl adjacent to an activating group) is 1. The summed E-state index contributed by atoms with van der Waals surface area (Å²) in [6.45, 7) is 0.500. The van der Waals surface area contributed by atoms with E-state index >= 15 is 0 Å². The van der Waals surface area contributed by atoms with Gasteiger partial charge in [-0.05, 0) is 22.6 Å². The fourth-order valence-electron chi connectivity index (χ4n) is 2.89. The van der Waals surface area contributed by atoms with Crippen molar-refractivity contribution in [2.75, 3.05) is 7.05 Å². The molecule has 0 saturated heterocycles. The predicted molar refractivity (Wildman–Crippen MR) is 109 cm³/mol. The summed E-state index contributed by atoms with van der Waals surface area (Å²) < 4.78 is 0. The van der Waals surface area contributed by atoms with E-state index in [2.05, 4.69) is 5.32 Å². The van der Waals surface area contributed by atoms with E-state index in [0.717, 1.165) is 11.1 Å². The Balaban J connectivity index is 1.75. The standard InChI is InChI=1S/C22H22N2O2S/c1-24(16-18-11-6-3-7-12-18)22(26)19(15-17-9-4-2-5-10-17)23-21(25)20-13-8-14-27-20/h2-14,19H,15-16H2,1H3,(H,23,25)/t19-/m0/s1. The van der Waals surface area contributed by atoms with Gasteiger partial charge in [0.2, 0.25) is 5.91 Å². The van der Waals surface area contributed by atoms with Crippen LogP contribution in [0.4, 0.5) is 0 Å². The number of hydrogen-bond acceptors (Lipinski definition) is 3. The topological polar surface area (TPSA) is 49.4 Å². The van der Waals surface area contributed by atoms with Crippen LogP contribution in [0.2, 0.25) is 0 Å². The summed E-state index contributed by atoms with van der Waals surface area (Å²) >= 11 is 1.37. The van der Waals surface area contributed by atoms with Crippen LogP contribution in [0.15, 0.2) is 78.2 Å². The maximum Gasteiger partial charge on any atom is 0.262 e. The van der Waals surface area contributed by atoms with E-state index in [-0.39, 0.29) is 11.8 Å². The van der Waals surface area contributed by atoms with Crippen molar-refractivity contribution >= 4 is 23.2 Å². The molecule has 0 unspecified atom stereocenters. The predicted octanol–water partition coefficient (Wildman–Crippen LogP) is 3.75. The van der Waals surface area contributed by atoms with Crippen LogP contribution in [-0.2, 0) is 17.8 Å². The van der Waals surface area contributed by atoms with Crippen LogP contribution in [-0.4, -0.2) is 29.8 Å². The highest BCUT2D eigenvalue weighted by Crippen LogP contribution is 2.12. The van der Waals surface area contributed by atoms with Gasteiger partial charge in [0.1, 0.15) is 6.04 Å². The Morgan fingerprint density at radius 3 is 2.15 bits per heavy atom. The molecule has 0 spiro atoms. The van der Waals surface area contributed by atoms with Gasteiger partial charge in [0.25, 0.3) is 5.91 Å². The normalized spacial score (nSPS) is 11.6. The third kappa shape index (κ3) is 5.28. The van der Waals surface area contributed by atoms with Gasteiger partial charge in [-0.25, -0.2) is 0 Å². The van der Waals surface area contributed by atoms with Crippen LogP contribution in [0.25, 0.3) is 0 Å². The Labute approximate surface area is 163 Å². The van der Waals surface area contributed by atoms with Gasteiger partial charge in [-0.3, -0.25) is 9.59 Å². The second-order valence-electron chi connectivity index (χ2n) is 6.37. The molecule has 138 valence electrons. The molecule has 3 aromatic rings. The number of hydrogen-bond donors (Lipinski definition) is 1. The zero-order valence-electron chi connectivity index (χ0n) is 15.2. The molecule has 0 aliphatic rings. The molecule has 1 atom stereocenters. The molecule has 5 heteroatoms. The third-order valence-corrected chi connectivity index (χ3v) is 5.14. The second kappa shape index (κ2) is 9.14. The second-order valence-corrected chi connectivity index (χ2v) is 7.32. The summed E-state index contributed by atoms with van der Waals surface area (Å²) in [5.41, 5.74) is 2.06. The van der Waals surface area contributed by atoms with Crippen molar-refractivity contribution in [2.45, 2.75) is 19.0 Å². The molecule has 0 saturated carbocycles. The van der Waals surface area contributed by atoms with E-state index in [0.29, 0.717) is 17.8 Å². The lowest BCUT2D eigenvalue weighted by Crippen LogP contribution is -2.48. The molecular formula is C22H22N2O2S. The first-order valence-corrected chi connectivity index (χ1v) is 9.68. The van der Waals surface area contributed by atoms with Gasteiger partial charge in [-0.15, -0.1) is 11.3 Å². The minimum absolute atomic E-state index is 0.104. The molecule has 1 heterocycles. The lowest BCUT2D eigenvalue weighted by Gasteiger charge is -2.25. The Morgan fingerprint density at radius 2 is 1.56 bits per heavy atom. The van der Waals surface area contributed by atoms with Gasteiger partial charge in [0, 0.05) is 20.0 Å². The summed E-state index contributed by atoms with van der Waals surface area (Å²) in [7, 11) is 1.77. The van der Waals surface area contributed by atoms with Gasteiger partial charge in [-0.1, -0.05) is 66.7 Å². The van der Waals surface area contributed by atoms with Crippen molar-refractivity contribution in [2.24, 2.45) is 0 Å². The van der Waals surface area contributed by atoms with Crippen molar-refractivity contribution in [3.63, 3.8) is 0 Å². The molecule has 0 aliphatic carbocycles. The number of carbonyl (C=O) groups is 2. The zero-order chi connectivity index (χ0) is 19.1. The quantitative estimate of drug-likeness (QED) is 0.681. The lowest BCUT2D eigenvalue weighted by molar-refractivity contribution is -0.132. The number of carbonyl (C=O) groups excluding carboxylic acids is 2. The van der Waals surface area contributed by atoms with Crippen LogP contribution in [0.3, 0.4) is 0 Å². The molecule has 1 N–H and O–H groups in total. The number of thiophene rings is 1. The highest BCUT2D eigenvalue weighted by molar-refractivity contribution is 7.12. The Bertz CT molecular complexity index is 864. The minimum atomic E-state index is -0.615. The van der Waals surface area contributed by atoms with E-state index in [1.807, 2.05) is 72.1 Å². The Morgan fingerprint density at radius 1 is 0.926 bits per heavy atom. The molecule has 0 radical (unpaired) electrons. The molecule has 27 heavy (non-hydrogen) atoms. The Kier molecular flexibility index (Phi) is 6.39. The van der Waals surface area contributed by atoms with Crippen molar-refractivity contribution in [3.05, 3.63) is 94.2 Å². The highest BCUT2D eigenvalue weighted by atomic mass is 32.1. The monoisotopic (exact) mass is 378 g/mol. The number of nitrogens with zero attached hydrogens (tertiary/aromatic N) is 1. The Hall–Kier alpha value is -2.92. The third-order valence-electron chi connectivity index (χ3n) is 4.27. The highest BCUT2D eigenvalue weighted by Gasteiger charge is 2.25. The number of amides is 2. The molecule has 2 aromatic carbocycles. The van der Waals surface area contributed by atoms with E-state index < -0.39 is 6.04 Å². The van der Waals surface area contributed by atoms with Crippen molar-refractivity contribution in [1.82, 2.24) is 10.2 Å². The van der Waals surface area contributed by atoms with Crippen molar-refractivity contribution < 1.29 is 9.59 Å². The summed E-state index contributed by atoms with van der Waals surface area (Å²) in [4.78, 5) is 27.9. The zero-order valence-corrected chi connectivity index (χ0v) is 16.0. The van der Waals surface area contributed by atoms with Gasteiger partial charge in [-0.2, -0.15) is 0 Å². The van der Waals surface area contributed by atoms with Gasteiger partial charge in [0.05, 0.1) is 4.88 Å². The molecule has 4 nitrogen and oxygen atoms in total. The molecule has 0 bridgehead atoms. The molecule has 0 aliphatic heterocycles. The summed E-state index contributed by atoms with van der Waals surface area (Å²) in [6, 6.07) is 22.5. The molecule has 2 amide bonds. The average Bonchev–Trinajstić information content (AvgIpc) is 3.23. The molecular weight excluding hydrogens is 356 g/mol. The lowest BCUT2D eigenvalue weighted by atomic mass is 10.0. The molecule has 3 rings (SSSR count). The van der Waals surface area contributed by atoms with Crippen LogP contribution in [0.1, 0.15) is 20.8 Å². The fourth-order valence-corrected chi connectivity index (χ4v) is 3.52. The summed E-state index contributed by atoms with van der Waals surface area (Å²) in [5.74, 6) is -0.319. The van der Waals surface area contributed by atoms with Gasteiger partial charge < -0.3 is 10.2 Å². The number of rotatable bonds is 7. The van der Waals surface area contributed by atoms with E-state index in [1.54, 1.807) is 18.0 Å². The van der Waals surface area contributed by atoms with Crippen LogP contribution in [0, 0.1) is 0 Å². The van der Waals surface area contributed by atoms with Gasteiger partial charge in [0.15, 0.2) is 0 Å². The number of nitrogens with one attached hydrogen (secondary N) is 1. The van der Waals surface area contributed by atoms with E-state index in [4.69, 9.17) is 0 Å². The molecule has 1 aromatic heterocycles. The van der Waals surface area contributed by atoms with Crippen molar-refractivity contribution in [1.29, 1.82) is 0 Å². The first kappa shape index (κ1) is 18.9. The van der Waals surface area contributed by atoms with E-state index in [9.17, 15) is 9.59 Å². The maximum absolute atomic E-state index is 13.1. The fraction of sp³-hybridized carbons (Fsp3) is 0.182. The maximum atomic E-state index is 13.1.